The van der Waals surface area contributed by atoms with Crippen LogP contribution in [0.1, 0.15) is 33.1 Å². The maximum atomic E-state index is 11.1. The summed E-state index contributed by atoms with van der Waals surface area (Å²) in [6, 6.07) is 0. The summed E-state index contributed by atoms with van der Waals surface area (Å²) in [4.78, 5) is 11.1. The average Bonchev–Trinajstić information content (AvgIpc) is 2.28. The molecule has 0 amide bonds. The van der Waals surface area contributed by atoms with Crippen molar-refractivity contribution in [1.82, 2.24) is 5.32 Å². The highest BCUT2D eigenvalue weighted by Gasteiger charge is 2.29. The summed E-state index contributed by atoms with van der Waals surface area (Å²) in [5, 5.41) is 12.4. The first kappa shape index (κ1) is 11.5. The van der Waals surface area contributed by atoms with Crippen LogP contribution in [0.2, 0.25) is 0 Å². The van der Waals surface area contributed by atoms with Crippen molar-refractivity contribution in [1.29, 1.82) is 0 Å². The molecule has 1 saturated heterocycles. The average molecular weight is 199 g/mol. The molecule has 1 aliphatic rings. The fourth-order valence-electron chi connectivity index (χ4n) is 2.32. The van der Waals surface area contributed by atoms with Gasteiger partial charge in [-0.05, 0) is 44.2 Å². The lowest BCUT2D eigenvalue weighted by Crippen LogP contribution is -2.24. The molecular weight excluding hydrogens is 178 g/mol. The van der Waals surface area contributed by atoms with Crippen molar-refractivity contribution in [2.24, 2.45) is 17.8 Å². The molecule has 0 aliphatic carbocycles. The lowest BCUT2D eigenvalue weighted by molar-refractivity contribution is -0.144. The van der Waals surface area contributed by atoms with Gasteiger partial charge in [0.25, 0.3) is 0 Å². The quantitative estimate of drug-likeness (QED) is 0.727. The van der Waals surface area contributed by atoms with Crippen LogP contribution in [-0.2, 0) is 4.79 Å². The highest BCUT2D eigenvalue weighted by molar-refractivity contribution is 5.70. The van der Waals surface area contributed by atoms with Gasteiger partial charge >= 0.3 is 5.97 Å². The van der Waals surface area contributed by atoms with E-state index in [1.54, 1.807) is 0 Å². The molecule has 0 aromatic heterocycles. The van der Waals surface area contributed by atoms with E-state index >= 15 is 0 Å². The topological polar surface area (TPSA) is 49.3 Å². The number of hydrogen-bond acceptors (Lipinski definition) is 2. The number of aliphatic carboxylic acids is 1. The number of carboxylic acid groups (broad SMARTS) is 1. The Morgan fingerprint density at radius 3 is 2.64 bits per heavy atom. The molecule has 0 spiro atoms. The SMILES string of the molecule is CC(C)CC1CCNCCC1C(=O)O. The number of carbonyl (C=O) groups is 1. The maximum Gasteiger partial charge on any atom is 0.306 e. The molecule has 3 nitrogen and oxygen atoms in total. The largest absolute Gasteiger partial charge is 0.481 e. The minimum absolute atomic E-state index is 0.132. The molecule has 1 aliphatic heterocycles. The monoisotopic (exact) mass is 199 g/mol. The normalized spacial score (nSPS) is 28.8. The van der Waals surface area contributed by atoms with E-state index in [-0.39, 0.29) is 5.92 Å². The van der Waals surface area contributed by atoms with E-state index in [2.05, 4.69) is 19.2 Å². The molecule has 2 N–H and O–H groups in total. The van der Waals surface area contributed by atoms with Crippen molar-refractivity contribution >= 4 is 5.97 Å². The molecule has 2 atom stereocenters. The molecule has 1 heterocycles. The van der Waals surface area contributed by atoms with Crippen LogP contribution >= 0.6 is 0 Å². The lowest BCUT2D eigenvalue weighted by Gasteiger charge is -2.22. The summed E-state index contributed by atoms with van der Waals surface area (Å²) in [7, 11) is 0. The van der Waals surface area contributed by atoms with Gasteiger partial charge in [-0.2, -0.15) is 0 Å². The van der Waals surface area contributed by atoms with Crippen LogP contribution in [0.15, 0.2) is 0 Å². The Morgan fingerprint density at radius 2 is 2.07 bits per heavy atom. The summed E-state index contributed by atoms with van der Waals surface area (Å²) in [5.74, 6) is 0.217. The maximum absolute atomic E-state index is 11.1. The number of hydrogen-bond donors (Lipinski definition) is 2. The minimum atomic E-state index is -0.612. The molecule has 1 rings (SSSR count). The molecular formula is C11H21NO2. The second kappa shape index (κ2) is 5.35. The van der Waals surface area contributed by atoms with Crippen LogP contribution in [0.25, 0.3) is 0 Å². The van der Waals surface area contributed by atoms with E-state index in [0.29, 0.717) is 11.8 Å². The van der Waals surface area contributed by atoms with Crippen LogP contribution in [0, 0.1) is 17.8 Å². The van der Waals surface area contributed by atoms with Crippen LogP contribution in [-0.4, -0.2) is 24.2 Å². The van der Waals surface area contributed by atoms with Crippen molar-refractivity contribution < 1.29 is 9.90 Å². The van der Waals surface area contributed by atoms with Crippen molar-refractivity contribution in [3.05, 3.63) is 0 Å². The van der Waals surface area contributed by atoms with Gasteiger partial charge in [0, 0.05) is 0 Å². The standard InChI is InChI=1S/C11H21NO2/c1-8(2)7-9-3-5-12-6-4-10(9)11(13)14/h8-10,12H,3-7H2,1-2H3,(H,13,14). The third-order valence-electron chi connectivity index (χ3n) is 2.98. The fraction of sp³-hybridized carbons (Fsp3) is 0.909. The predicted molar refractivity (Wildman–Crippen MR) is 56.2 cm³/mol. The van der Waals surface area contributed by atoms with Gasteiger partial charge in [0.1, 0.15) is 0 Å². The third kappa shape index (κ3) is 3.29. The molecule has 0 radical (unpaired) electrons. The Bertz CT molecular complexity index is 192. The molecule has 0 bridgehead atoms. The summed E-state index contributed by atoms with van der Waals surface area (Å²) >= 11 is 0. The second-order valence-electron chi connectivity index (χ2n) is 4.66. The van der Waals surface area contributed by atoms with Crippen molar-refractivity contribution in [3.8, 4) is 0 Å². The molecule has 0 aromatic rings. The van der Waals surface area contributed by atoms with E-state index in [1.807, 2.05) is 0 Å². The first-order chi connectivity index (χ1) is 6.61. The number of rotatable bonds is 3. The van der Waals surface area contributed by atoms with E-state index in [1.165, 1.54) is 0 Å². The van der Waals surface area contributed by atoms with Crippen LogP contribution in [0.3, 0.4) is 0 Å². The van der Waals surface area contributed by atoms with Gasteiger partial charge in [0.15, 0.2) is 0 Å². The summed E-state index contributed by atoms with van der Waals surface area (Å²) in [6.07, 6.45) is 2.83. The zero-order valence-electron chi connectivity index (χ0n) is 9.12. The van der Waals surface area contributed by atoms with E-state index < -0.39 is 5.97 Å². The second-order valence-corrected chi connectivity index (χ2v) is 4.66. The molecule has 2 unspecified atom stereocenters. The molecule has 3 heteroatoms. The molecule has 1 fully saturated rings. The summed E-state index contributed by atoms with van der Waals surface area (Å²) in [5.41, 5.74) is 0. The Balaban J connectivity index is 2.59. The number of nitrogens with one attached hydrogen (secondary N) is 1. The van der Waals surface area contributed by atoms with E-state index in [4.69, 9.17) is 5.11 Å². The summed E-state index contributed by atoms with van der Waals surface area (Å²) in [6.45, 7) is 6.15. The van der Waals surface area contributed by atoms with Crippen LogP contribution in [0.5, 0.6) is 0 Å². The predicted octanol–water partition coefficient (Wildman–Crippen LogP) is 1.73. The first-order valence-corrected chi connectivity index (χ1v) is 5.54. The first-order valence-electron chi connectivity index (χ1n) is 5.54. The Morgan fingerprint density at radius 1 is 1.43 bits per heavy atom. The highest BCUT2D eigenvalue weighted by Crippen LogP contribution is 2.27. The van der Waals surface area contributed by atoms with Gasteiger partial charge in [-0.15, -0.1) is 0 Å². The van der Waals surface area contributed by atoms with Gasteiger partial charge in [-0.3, -0.25) is 4.79 Å². The molecule has 0 aromatic carbocycles. The zero-order valence-corrected chi connectivity index (χ0v) is 9.12. The number of carboxylic acids is 1. The van der Waals surface area contributed by atoms with Gasteiger partial charge in [0.2, 0.25) is 0 Å². The van der Waals surface area contributed by atoms with Gasteiger partial charge < -0.3 is 10.4 Å². The minimum Gasteiger partial charge on any atom is -0.481 e. The Hall–Kier alpha value is -0.570. The van der Waals surface area contributed by atoms with Crippen molar-refractivity contribution in [2.45, 2.75) is 33.1 Å². The van der Waals surface area contributed by atoms with Crippen molar-refractivity contribution in [3.63, 3.8) is 0 Å². The van der Waals surface area contributed by atoms with Crippen LogP contribution in [0.4, 0.5) is 0 Å². The third-order valence-corrected chi connectivity index (χ3v) is 2.98. The highest BCUT2D eigenvalue weighted by atomic mass is 16.4. The molecule has 0 saturated carbocycles. The van der Waals surface area contributed by atoms with E-state index in [0.717, 1.165) is 32.4 Å². The Kier molecular flexibility index (Phi) is 4.39. The summed E-state index contributed by atoms with van der Waals surface area (Å²) < 4.78 is 0. The molecule has 82 valence electrons. The fourth-order valence-corrected chi connectivity index (χ4v) is 2.32. The van der Waals surface area contributed by atoms with Gasteiger partial charge in [0.05, 0.1) is 5.92 Å². The van der Waals surface area contributed by atoms with Gasteiger partial charge in [-0.1, -0.05) is 13.8 Å². The smallest absolute Gasteiger partial charge is 0.306 e. The Labute approximate surface area is 85.9 Å². The van der Waals surface area contributed by atoms with Crippen molar-refractivity contribution in [2.75, 3.05) is 13.1 Å². The lowest BCUT2D eigenvalue weighted by atomic mass is 9.82. The van der Waals surface area contributed by atoms with Crippen LogP contribution < -0.4 is 5.32 Å². The van der Waals surface area contributed by atoms with Gasteiger partial charge in [-0.25, -0.2) is 0 Å². The zero-order chi connectivity index (χ0) is 10.6. The molecule has 14 heavy (non-hydrogen) atoms. The van der Waals surface area contributed by atoms with E-state index in [9.17, 15) is 4.79 Å².